The van der Waals surface area contributed by atoms with Crippen molar-refractivity contribution in [2.45, 2.75) is 25.9 Å². The Balaban J connectivity index is 1.81. The molecule has 2 heterocycles. The van der Waals surface area contributed by atoms with Gasteiger partial charge in [-0.1, -0.05) is 6.07 Å². The quantitative estimate of drug-likeness (QED) is 0.870. The summed E-state index contributed by atoms with van der Waals surface area (Å²) in [6.45, 7) is 3.14. The normalized spacial score (nSPS) is 14.0. The molecule has 0 saturated carbocycles. The number of fused-ring (bicyclic) bond motifs is 1. The second-order valence-electron chi connectivity index (χ2n) is 5.30. The molecule has 2 N–H and O–H groups in total. The molecule has 7 heteroatoms. The summed E-state index contributed by atoms with van der Waals surface area (Å²) in [6.07, 6.45) is 3.76. The van der Waals surface area contributed by atoms with Gasteiger partial charge in [-0.15, -0.1) is 0 Å². The van der Waals surface area contributed by atoms with E-state index in [0.717, 1.165) is 17.7 Å². The van der Waals surface area contributed by atoms with E-state index in [4.69, 9.17) is 4.74 Å². The van der Waals surface area contributed by atoms with Crippen LogP contribution in [0.2, 0.25) is 0 Å². The van der Waals surface area contributed by atoms with E-state index in [1.165, 1.54) is 6.20 Å². The van der Waals surface area contributed by atoms with E-state index in [9.17, 15) is 14.7 Å². The van der Waals surface area contributed by atoms with Gasteiger partial charge in [0.2, 0.25) is 0 Å². The monoisotopic (exact) mass is 315 g/mol. The van der Waals surface area contributed by atoms with Crippen molar-refractivity contribution in [3.63, 3.8) is 0 Å². The Morgan fingerprint density at radius 3 is 3.00 bits per heavy atom. The largest absolute Gasteiger partial charge is 0.493 e. The third kappa shape index (κ3) is 3.03. The van der Waals surface area contributed by atoms with E-state index >= 15 is 0 Å². The number of amides is 1. The van der Waals surface area contributed by atoms with Gasteiger partial charge in [0.05, 0.1) is 18.4 Å². The number of ether oxygens (including phenoxy) is 1. The summed E-state index contributed by atoms with van der Waals surface area (Å²) in [5.74, 6) is -0.803. The van der Waals surface area contributed by atoms with Crippen LogP contribution in [-0.2, 0) is 17.8 Å². The molecule has 0 spiro atoms. The summed E-state index contributed by atoms with van der Waals surface area (Å²) in [5, 5.41) is 16.0. The molecule has 0 radical (unpaired) electrons. The molecule has 1 atom stereocenters. The molecule has 23 heavy (non-hydrogen) atoms. The van der Waals surface area contributed by atoms with Crippen LogP contribution in [0.4, 0.5) is 0 Å². The molecule has 7 nitrogen and oxygen atoms in total. The zero-order chi connectivity index (χ0) is 16.4. The highest BCUT2D eigenvalue weighted by Gasteiger charge is 2.25. The Hall–Kier alpha value is -2.83. The average Bonchev–Trinajstić information content (AvgIpc) is 3.19. The number of aliphatic carboxylic acids is 1. The number of benzene rings is 1. The fourth-order valence-corrected chi connectivity index (χ4v) is 2.54. The number of carboxylic acid groups (broad SMARTS) is 1. The van der Waals surface area contributed by atoms with Gasteiger partial charge in [-0.05, 0) is 30.2 Å². The molecular weight excluding hydrogens is 298 g/mol. The first kappa shape index (κ1) is 15.1. The second kappa shape index (κ2) is 6.12. The van der Waals surface area contributed by atoms with Crippen LogP contribution in [0, 0.1) is 0 Å². The lowest BCUT2D eigenvalue weighted by Crippen LogP contribution is -2.33. The number of nitrogens with zero attached hydrogens (tertiary/aromatic N) is 2. The molecule has 1 amide bonds. The molecule has 0 saturated heterocycles. The Morgan fingerprint density at radius 1 is 1.48 bits per heavy atom. The van der Waals surface area contributed by atoms with E-state index in [1.54, 1.807) is 29.1 Å². The zero-order valence-electron chi connectivity index (χ0n) is 12.7. The SMILES string of the molecule is CCn1cc(C(=O)NC(C(=O)O)c2ccc3c(c2)CCO3)cn1. The van der Waals surface area contributed by atoms with Crippen molar-refractivity contribution in [2.75, 3.05) is 6.61 Å². The minimum atomic E-state index is -1.11. The molecule has 1 aromatic heterocycles. The van der Waals surface area contributed by atoms with Crippen molar-refractivity contribution in [3.05, 3.63) is 47.3 Å². The maximum atomic E-state index is 12.2. The highest BCUT2D eigenvalue weighted by atomic mass is 16.5. The van der Waals surface area contributed by atoms with Crippen LogP contribution in [0.3, 0.4) is 0 Å². The van der Waals surface area contributed by atoms with Crippen molar-refractivity contribution < 1.29 is 19.4 Å². The molecule has 1 aromatic carbocycles. The van der Waals surface area contributed by atoms with E-state index in [1.807, 2.05) is 6.92 Å². The summed E-state index contributed by atoms with van der Waals surface area (Å²) in [5.41, 5.74) is 1.82. The van der Waals surface area contributed by atoms with Crippen molar-refractivity contribution in [3.8, 4) is 5.75 Å². The number of aryl methyl sites for hydroxylation is 1. The fraction of sp³-hybridized carbons (Fsp3) is 0.312. The number of carboxylic acids is 1. The van der Waals surface area contributed by atoms with E-state index in [2.05, 4.69) is 10.4 Å². The number of carbonyl (C=O) groups excluding carboxylic acids is 1. The topological polar surface area (TPSA) is 93.5 Å². The first-order chi connectivity index (χ1) is 11.1. The molecule has 2 aromatic rings. The van der Waals surface area contributed by atoms with Crippen molar-refractivity contribution in [1.29, 1.82) is 0 Å². The van der Waals surface area contributed by atoms with Gasteiger partial charge in [0.25, 0.3) is 5.91 Å². The Labute approximate surface area is 132 Å². The van der Waals surface area contributed by atoms with Crippen LogP contribution in [0.5, 0.6) is 5.75 Å². The third-order valence-electron chi connectivity index (χ3n) is 3.79. The second-order valence-corrected chi connectivity index (χ2v) is 5.30. The van der Waals surface area contributed by atoms with E-state index < -0.39 is 17.9 Å². The molecule has 1 aliphatic heterocycles. The van der Waals surface area contributed by atoms with Gasteiger partial charge >= 0.3 is 5.97 Å². The molecule has 120 valence electrons. The van der Waals surface area contributed by atoms with Gasteiger partial charge in [0.1, 0.15) is 5.75 Å². The highest BCUT2D eigenvalue weighted by molar-refractivity contribution is 5.96. The number of aromatic nitrogens is 2. The predicted molar refractivity (Wildman–Crippen MR) is 81.4 cm³/mol. The van der Waals surface area contributed by atoms with Gasteiger partial charge < -0.3 is 15.2 Å². The lowest BCUT2D eigenvalue weighted by atomic mass is 10.0. The summed E-state index contributed by atoms with van der Waals surface area (Å²) in [6, 6.07) is 4.07. The molecule has 0 fully saturated rings. The van der Waals surface area contributed by atoms with Gasteiger partial charge in [-0.3, -0.25) is 9.48 Å². The van der Waals surface area contributed by atoms with E-state index in [0.29, 0.717) is 24.3 Å². The first-order valence-corrected chi connectivity index (χ1v) is 7.40. The Morgan fingerprint density at radius 2 is 2.30 bits per heavy atom. The van der Waals surface area contributed by atoms with Crippen molar-refractivity contribution >= 4 is 11.9 Å². The van der Waals surface area contributed by atoms with Crippen LogP contribution in [0.15, 0.2) is 30.6 Å². The van der Waals surface area contributed by atoms with Crippen molar-refractivity contribution in [1.82, 2.24) is 15.1 Å². The van der Waals surface area contributed by atoms with Gasteiger partial charge in [-0.2, -0.15) is 5.10 Å². The molecule has 0 bridgehead atoms. The standard InChI is InChI=1S/C16H17N3O4/c1-2-19-9-12(8-17-19)15(20)18-14(16(21)22)11-3-4-13-10(7-11)5-6-23-13/h3-4,7-9,14H,2,5-6H2,1H3,(H,18,20)(H,21,22). The number of carbonyl (C=O) groups is 2. The molecular formula is C16H17N3O4. The summed E-state index contributed by atoms with van der Waals surface area (Å²) >= 11 is 0. The van der Waals surface area contributed by atoms with Crippen LogP contribution in [-0.4, -0.2) is 33.4 Å². The van der Waals surface area contributed by atoms with Crippen LogP contribution in [0.1, 0.15) is 34.5 Å². The molecule has 1 aliphatic rings. The lowest BCUT2D eigenvalue weighted by Gasteiger charge is -2.15. The summed E-state index contributed by atoms with van der Waals surface area (Å²) in [7, 11) is 0. The maximum absolute atomic E-state index is 12.2. The third-order valence-corrected chi connectivity index (χ3v) is 3.79. The van der Waals surface area contributed by atoms with Gasteiger partial charge in [0.15, 0.2) is 6.04 Å². The summed E-state index contributed by atoms with van der Waals surface area (Å²) in [4.78, 5) is 23.8. The first-order valence-electron chi connectivity index (χ1n) is 7.40. The minimum Gasteiger partial charge on any atom is -0.493 e. The van der Waals surface area contributed by atoms with Crippen molar-refractivity contribution in [2.24, 2.45) is 0 Å². The fourth-order valence-electron chi connectivity index (χ4n) is 2.54. The summed E-state index contributed by atoms with van der Waals surface area (Å²) < 4.78 is 7.02. The number of hydrogen-bond acceptors (Lipinski definition) is 4. The number of nitrogens with one attached hydrogen (secondary N) is 1. The molecule has 1 unspecified atom stereocenters. The average molecular weight is 315 g/mol. The number of rotatable bonds is 5. The van der Waals surface area contributed by atoms with Crippen LogP contribution < -0.4 is 10.1 Å². The highest BCUT2D eigenvalue weighted by Crippen LogP contribution is 2.28. The Kier molecular flexibility index (Phi) is 4.01. The van der Waals surface area contributed by atoms with Gasteiger partial charge in [-0.25, -0.2) is 4.79 Å². The van der Waals surface area contributed by atoms with E-state index in [-0.39, 0.29) is 0 Å². The predicted octanol–water partition coefficient (Wildman–Crippen LogP) is 1.39. The van der Waals surface area contributed by atoms with Crippen LogP contribution in [0.25, 0.3) is 0 Å². The minimum absolute atomic E-state index is 0.336. The maximum Gasteiger partial charge on any atom is 0.330 e. The lowest BCUT2D eigenvalue weighted by molar-refractivity contribution is -0.139. The Bertz CT molecular complexity index is 754. The smallest absolute Gasteiger partial charge is 0.330 e. The zero-order valence-corrected chi connectivity index (χ0v) is 12.7. The molecule has 0 aliphatic carbocycles. The number of hydrogen-bond donors (Lipinski definition) is 2. The molecule has 3 rings (SSSR count). The van der Waals surface area contributed by atoms with Gasteiger partial charge in [0, 0.05) is 19.2 Å². The van der Waals surface area contributed by atoms with Crippen LogP contribution >= 0.6 is 0 Å².